The fourth-order valence-corrected chi connectivity index (χ4v) is 1.30. The Morgan fingerprint density at radius 3 is 2.07 bits per heavy atom. The molecule has 0 aliphatic carbocycles. The molecule has 0 bridgehead atoms. The SMILES string of the molecule is CCCCCCCC[NH+]([O-])C(C)(O)O. The van der Waals surface area contributed by atoms with E-state index < -0.39 is 11.0 Å². The van der Waals surface area contributed by atoms with Crippen LogP contribution in [0, 0.1) is 5.21 Å². The van der Waals surface area contributed by atoms with Crippen LogP contribution in [0.25, 0.3) is 0 Å². The van der Waals surface area contributed by atoms with Crippen molar-refractivity contribution >= 4 is 0 Å². The molecule has 0 aliphatic rings. The number of hydroxylamine groups is 2. The molecule has 0 aromatic carbocycles. The molecule has 4 nitrogen and oxygen atoms in total. The summed E-state index contributed by atoms with van der Waals surface area (Å²) in [5, 5.41) is 28.4. The van der Waals surface area contributed by atoms with Crippen molar-refractivity contribution < 1.29 is 15.3 Å². The van der Waals surface area contributed by atoms with Crippen LogP contribution in [0.3, 0.4) is 0 Å². The lowest BCUT2D eigenvalue weighted by atomic mass is 10.1. The third kappa shape index (κ3) is 7.26. The van der Waals surface area contributed by atoms with Gasteiger partial charge in [0.2, 0.25) is 0 Å². The quantitative estimate of drug-likeness (QED) is 0.305. The van der Waals surface area contributed by atoms with Crippen molar-refractivity contribution in [1.82, 2.24) is 0 Å². The molecule has 0 radical (unpaired) electrons. The van der Waals surface area contributed by atoms with Crippen molar-refractivity contribution in [2.75, 3.05) is 6.54 Å². The molecule has 0 rings (SSSR count). The van der Waals surface area contributed by atoms with Crippen LogP contribution in [0.5, 0.6) is 0 Å². The Bertz CT molecular complexity index is 134. The fourth-order valence-electron chi connectivity index (χ4n) is 1.30. The summed E-state index contributed by atoms with van der Waals surface area (Å²) < 4.78 is 0. The first-order valence-corrected chi connectivity index (χ1v) is 5.46. The second-order valence-electron chi connectivity index (χ2n) is 3.96. The van der Waals surface area contributed by atoms with Crippen LogP contribution in [0.2, 0.25) is 0 Å². The molecule has 4 heteroatoms. The summed E-state index contributed by atoms with van der Waals surface area (Å²) in [6, 6.07) is 0. The van der Waals surface area contributed by atoms with Crippen LogP contribution in [0.15, 0.2) is 0 Å². The van der Waals surface area contributed by atoms with Crippen LogP contribution in [0.4, 0.5) is 0 Å². The van der Waals surface area contributed by atoms with Gasteiger partial charge in [-0.25, -0.2) is 0 Å². The van der Waals surface area contributed by atoms with Crippen LogP contribution in [-0.4, -0.2) is 22.7 Å². The van der Waals surface area contributed by atoms with Crippen LogP contribution >= 0.6 is 0 Å². The Kier molecular flexibility index (Phi) is 7.09. The molecule has 0 amide bonds. The van der Waals surface area contributed by atoms with E-state index in [1.54, 1.807) is 0 Å². The molecule has 1 unspecified atom stereocenters. The first-order valence-electron chi connectivity index (χ1n) is 5.46. The molecule has 3 N–H and O–H groups in total. The Morgan fingerprint density at radius 1 is 1.07 bits per heavy atom. The molecule has 0 spiro atoms. The summed E-state index contributed by atoms with van der Waals surface area (Å²) >= 11 is 0. The summed E-state index contributed by atoms with van der Waals surface area (Å²) in [6.07, 6.45) is 6.56. The summed E-state index contributed by atoms with van der Waals surface area (Å²) in [6.45, 7) is 3.55. The predicted octanol–water partition coefficient (Wildman–Crippen LogP) is 0.388. The molecular formula is C10H23NO3. The van der Waals surface area contributed by atoms with Gasteiger partial charge in [-0.2, -0.15) is 0 Å². The van der Waals surface area contributed by atoms with E-state index in [1.807, 2.05) is 0 Å². The zero-order valence-corrected chi connectivity index (χ0v) is 9.25. The maximum absolute atomic E-state index is 11.1. The number of unbranched alkanes of at least 4 members (excludes halogenated alkanes) is 5. The standard InChI is InChI=1S/C10H23NO3/c1-3-4-5-6-7-8-9-11(14)10(2,12)13/h11-13H,3-9H2,1-2H3. The van der Waals surface area contributed by atoms with E-state index in [0.29, 0.717) is 0 Å². The highest BCUT2D eigenvalue weighted by Crippen LogP contribution is 2.03. The van der Waals surface area contributed by atoms with Crippen molar-refractivity contribution in [2.45, 2.75) is 58.3 Å². The van der Waals surface area contributed by atoms with Crippen molar-refractivity contribution in [3.05, 3.63) is 5.21 Å². The number of hydrogen-bond donors (Lipinski definition) is 3. The van der Waals surface area contributed by atoms with Gasteiger partial charge in [-0.15, -0.1) is 0 Å². The molecule has 1 atom stereocenters. The van der Waals surface area contributed by atoms with Crippen LogP contribution < -0.4 is 5.06 Å². The molecule has 0 heterocycles. The van der Waals surface area contributed by atoms with Gasteiger partial charge in [-0.05, 0) is 12.8 Å². The molecule has 0 saturated carbocycles. The lowest BCUT2D eigenvalue weighted by Crippen LogP contribution is -3.16. The zero-order chi connectivity index (χ0) is 11.0. The number of nitrogens with one attached hydrogen (secondary N) is 1. The predicted molar refractivity (Wildman–Crippen MR) is 55.4 cm³/mol. The van der Waals surface area contributed by atoms with Crippen molar-refractivity contribution in [2.24, 2.45) is 0 Å². The highest BCUT2D eigenvalue weighted by Gasteiger charge is 2.22. The lowest BCUT2D eigenvalue weighted by molar-refractivity contribution is -0.962. The topological polar surface area (TPSA) is 68.0 Å². The number of quaternary nitrogens is 1. The molecular weight excluding hydrogens is 182 g/mol. The second kappa shape index (κ2) is 7.17. The maximum atomic E-state index is 11.1. The largest absolute Gasteiger partial charge is 0.630 e. The van der Waals surface area contributed by atoms with Gasteiger partial charge in [0.25, 0.3) is 0 Å². The van der Waals surface area contributed by atoms with Gasteiger partial charge < -0.3 is 20.5 Å². The average molecular weight is 205 g/mol. The van der Waals surface area contributed by atoms with E-state index in [4.69, 9.17) is 10.2 Å². The minimum absolute atomic E-state index is 0.273. The Hall–Kier alpha value is -0.160. The van der Waals surface area contributed by atoms with E-state index in [2.05, 4.69) is 6.92 Å². The van der Waals surface area contributed by atoms with Crippen molar-refractivity contribution in [1.29, 1.82) is 0 Å². The molecule has 86 valence electrons. The van der Waals surface area contributed by atoms with Gasteiger partial charge in [0, 0.05) is 6.92 Å². The van der Waals surface area contributed by atoms with Crippen LogP contribution in [0.1, 0.15) is 52.4 Å². The van der Waals surface area contributed by atoms with Crippen molar-refractivity contribution in [3.8, 4) is 0 Å². The lowest BCUT2D eigenvalue weighted by Gasteiger charge is -2.31. The zero-order valence-electron chi connectivity index (χ0n) is 9.25. The molecule has 0 aliphatic heterocycles. The highest BCUT2D eigenvalue weighted by molar-refractivity contribution is 4.44. The fraction of sp³-hybridized carbons (Fsp3) is 1.00. The minimum atomic E-state index is -2.14. The Labute approximate surface area is 86.1 Å². The highest BCUT2D eigenvalue weighted by atomic mass is 16.6. The van der Waals surface area contributed by atoms with Gasteiger partial charge >= 0.3 is 5.91 Å². The Balaban J connectivity index is 3.28. The second-order valence-corrected chi connectivity index (χ2v) is 3.96. The number of rotatable bonds is 8. The van der Waals surface area contributed by atoms with Gasteiger partial charge in [0.1, 0.15) is 0 Å². The molecule has 0 saturated heterocycles. The van der Waals surface area contributed by atoms with Crippen molar-refractivity contribution in [3.63, 3.8) is 0 Å². The molecule has 0 fully saturated rings. The first kappa shape index (κ1) is 13.8. The van der Waals surface area contributed by atoms with E-state index in [9.17, 15) is 5.21 Å². The van der Waals surface area contributed by atoms with E-state index in [1.165, 1.54) is 19.3 Å². The number of hydrogen-bond acceptors (Lipinski definition) is 3. The van der Waals surface area contributed by atoms with Gasteiger partial charge in [-0.1, -0.05) is 32.6 Å². The summed E-state index contributed by atoms with van der Waals surface area (Å²) in [5.74, 6) is -2.14. The van der Waals surface area contributed by atoms with Gasteiger partial charge in [-0.3, -0.25) is 0 Å². The normalized spacial score (nSPS) is 14.4. The minimum Gasteiger partial charge on any atom is -0.630 e. The van der Waals surface area contributed by atoms with Crippen LogP contribution in [-0.2, 0) is 0 Å². The summed E-state index contributed by atoms with van der Waals surface area (Å²) in [7, 11) is 0. The molecule has 0 aromatic rings. The van der Waals surface area contributed by atoms with E-state index >= 15 is 0 Å². The average Bonchev–Trinajstić information content (AvgIpc) is 2.09. The Morgan fingerprint density at radius 2 is 1.57 bits per heavy atom. The molecule has 14 heavy (non-hydrogen) atoms. The summed E-state index contributed by atoms with van der Waals surface area (Å²) in [4.78, 5) is 0. The third-order valence-electron chi connectivity index (χ3n) is 2.29. The van der Waals surface area contributed by atoms with E-state index in [-0.39, 0.29) is 6.54 Å². The number of aliphatic hydroxyl groups is 2. The smallest absolute Gasteiger partial charge is 0.309 e. The van der Waals surface area contributed by atoms with E-state index in [0.717, 1.165) is 26.2 Å². The van der Waals surface area contributed by atoms with Gasteiger partial charge in [0.15, 0.2) is 0 Å². The maximum Gasteiger partial charge on any atom is 0.309 e. The third-order valence-corrected chi connectivity index (χ3v) is 2.29. The molecule has 0 aromatic heterocycles. The first-order chi connectivity index (χ1) is 6.48. The summed E-state index contributed by atoms with van der Waals surface area (Å²) in [5.41, 5.74) is 0. The monoisotopic (exact) mass is 205 g/mol. The van der Waals surface area contributed by atoms with Gasteiger partial charge in [0.05, 0.1) is 6.54 Å².